The van der Waals surface area contributed by atoms with Crippen molar-refractivity contribution in [3.8, 4) is 0 Å². The van der Waals surface area contributed by atoms with Crippen LogP contribution in [-0.2, 0) is 14.3 Å². The van der Waals surface area contributed by atoms with E-state index < -0.39 is 23.0 Å². The first kappa shape index (κ1) is 14.3. The number of rotatable bonds is 2. The number of halogens is 1. The number of carbonyl (C=O) groups is 2. The molecule has 0 saturated carbocycles. The van der Waals surface area contributed by atoms with Gasteiger partial charge in [0.15, 0.2) is 0 Å². The Morgan fingerprint density at radius 1 is 1.23 bits per heavy atom. The van der Waals surface area contributed by atoms with Crippen molar-refractivity contribution in [1.82, 2.24) is 0 Å². The van der Waals surface area contributed by atoms with E-state index in [1.165, 1.54) is 4.90 Å². The highest BCUT2D eigenvalue weighted by Crippen LogP contribution is 2.57. The topological polar surface area (TPSA) is 66.8 Å². The molecule has 22 heavy (non-hydrogen) atoms. The van der Waals surface area contributed by atoms with Gasteiger partial charge in [0.1, 0.15) is 5.60 Å². The second kappa shape index (κ2) is 4.39. The second-order valence-corrected chi connectivity index (χ2v) is 7.31. The Kier molecular flexibility index (Phi) is 2.87. The fourth-order valence-electron chi connectivity index (χ4n) is 3.91. The number of hydrogen-bond donors (Lipinski definition) is 1. The molecule has 114 valence electrons. The maximum absolute atomic E-state index is 12.9. The summed E-state index contributed by atoms with van der Waals surface area (Å²) in [7, 11) is 0. The van der Waals surface area contributed by atoms with Crippen molar-refractivity contribution in [3.63, 3.8) is 0 Å². The molecule has 3 aliphatic heterocycles. The summed E-state index contributed by atoms with van der Waals surface area (Å²) < 4.78 is 6.73. The number of nitrogens with zero attached hydrogens (tertiary/aromatic N) is 1. The largest absolute Gasteiger partial charge is 0.393 e. The lowest BCUT2D eigenvalue weighted by atomic mass is 9.73. The third-order valence-electron chi connectivity index (χ3n) is 4.90. The number of amides is 2. The first-order valence-corrected chi connectivity index (χ1v) is 8.15. The molecule has 0 radical (unpaired) electrons. The highest BCUT2D eigenvalue weighted by molar-refractivity contribution is 14.1. The summed E-state index contributed by atoms with van der Waals surface area (Å²) in [5.41, 5.74) is -1.29. The lowest BCUT2D eigenvalue weighted by Gasteiger charge is -2.27. The van der Waals surface area contributed by atoms with Gasteiger partial charge < -0.3 is 9.84 Å². The molecule has 2 amide bonds. The molecule has 1 aromatic carbocycles. The number of ether oxygens (including phenoxy) is 1. The highest BCUT2D eigenvalue weighted by atomic mass is 127. The maximum atomic E-state index is 12.9. The molecule has 2 saturated heterocycles. The van der Waals surface area contributed by atoms with Crippen molar-refractivity contribution in [2.45, 2.75) is 18.1 Å². The SMILES string of the molecule is C[C@@]12C=C[C@@](CO)(O1)[C@H]1C(=O)N(c3ccccc3I)C(=O)[C@@H]12. The van der Waals surface area contributed by atoms with E-state index in [-0.39, 0.29) is 18.4 Å². The summed E-state index contributed by atoms with van der Waals surface area (Å²) in [6, 6.07) is 7.29. The van der Waals surface area contributed by atoms with Crippen LogP contribution in [0.25, 0.3) is 0 Å². The molecule has 1 aromatic rings. The van der Waals surface area contributed by atoms with Gasteiger partial charge >= 0.3 is 0 Å². The van der Waals surface area contributed by atoms with Crippen molar-refractivity contribution >= 4 is 40.1 Å². The highest BCUT2D eigenvalue weighted by Gasteiger charge is 2.72. The van der Waals surface area contributed by atoms with Crippen molar-refractivity contribution < 1.29 is 19.4 Å². The molecule has 3 heterocycles. The van der Waals surface area contributed by atoms with E-state index in [9.17, 15) is 14.7 Å². The van der Waals surface area contributed by atoms with E-state index in [4.69, 9.17) is 4.74 Å². The van der Waals surface area contributed by atoms with Crippen LogP contribution < -0.4 is 4.90 Å². The summed E-state index contributed by atoms with van der Waals surface area (Å²) in [6.07, 6.45) is 3.54. The van der Waals surface area contributed by atoms with Crippen molar-refractivity contribution in [2.75, 3.05) is 11.5 Å². The van der Waals surface area contributed by atoms with Gasteiger partial charge in [0.05, 0.1) is 29.7 Å². The molecule has 4 atom stereocenters. The van der Waals surface area contributed by atoms with Crippen LogP contribution >= 0.6 is 22.6 Å². The molecular formula is C16H14INO4. The first-order chi connectivity index (χ1) is 10.4. The van der Waals surface area contributed by atoms with Gasteiger partial charge in [-0.05, 0) is 41.6 Å². The monoisotopic (exact) mass is 411 g/mol. The average Bonchev–Trinajstić information content (AvgIpc) is 3.07. The summed E-state index contributed by atoms with van der Waals surface area (Å²) in [6.45, 7) is 1.50. The van der Waals surface area contributed by atoms with Crippen molar-refractivity contribution in [2.24, 2.45) is 11.8 Å². The minimum absolute atomic E-state index is 0.249. The number of fused-ring (bicyclic) bond motifs is 5. The van der Waals surface area contributed by atoms with Gasteiger partial charge in [-0.15, -0.1) is 0 Å². The zero-order valence-electron chi connectivity index (χ0n) is 11.8. The summed E-state index contributed by atoms with van der Waals surface area (Å²) in [5.74, 6) is -1.77. The van der Waals surface area contributed by atoms with Gasteiger partial charge in [-0.25, -0.2) is 4.90 Å². The van der Waals surface area contributed by atoms with E-state index in [0.717, 1.165) is 3.57 Å². The molecule has 4 rings (SSSR count). The summed E-state index contributed by atoms with van der Waals surface area (Å²) >= 11 is 2.11. The zero-order chi connectivity index (χ0) is 15.7. The number of anilines is 1. The number of para-hydroxylation sites is 1. The Balaban J connectivity index is 1.84. The molecule has 2 bridgehead atoms. The van der Waals surface area contributed by atoms with Crippen LogP contribution in [0.2, 0.25) is 0 Å². The molecule has 0 aliphatic carbocycles. The Labute approximate surface area is 141 Å². The van der Waals surface area contributed by atoms with E-state index in [0.29, 0.717) is 5.69 Å². The summed E-state index contributed by atoms with van der Waals surface area (Å²) in [5, 5.41) is 9.76. The maximum Gasteiger partial charge on any atom is 0.241 e. The molecule has 0 aromatic heterocycles. The quantitative estimate of drug-likeness (QED) is 0.455. The van der Waals surface area contributed by atoms with Gasteiger partial charge in [-0.1, -0.05) is 24.3 Å². The predicted octanol–water partition coefficient (Wildman–Crippen LogP) is 1.49. The Morgan fingerprint density at radius 2 is 1.91 bits per heavy atom. The Hall–Kier alpha value is -1.25. The van der Waals surface area contributed by atoms with E-state index >= 15 is 0 Å². The van der Waals surface area contributed by atoms with Gasteiger partial charge in [0.25, 0.3) is 0 Å². The van der Waals surface area contributed by atoms with Crippen molar-refractivity contribution in [1.29, 1.82) is 0 Å². The second-order valence-electron chi connectivity index (χ2n) is 6.15. The van der Waals surface area contributed by atoms with E-state index in [2.05, 4.69) is 22.6 Å². The van der Waals surface area contributed by atoms with Gasteiger partial charge in [0.2, 0.25) is 11.8 Å². The third-order valence-corrected chi connectivity index (χ3v) is 5.81. The fraction of sp³-hybridized carbons (Fsp3) is 0.375. The minimum atomic E-state index is -1.07. The minimum Gasteiger partial charge on any atom is -0.393 e. The number of aliphatic hydroxyl groups is 1. The molecular weight excluding hydrogens is 397 g/mol. The zero-order valence-corrected chi connectivity index (χ0v) is 14.0. The normalized spacial score (nSPS) is 39.0. The third kappa shape index (κ3) is 1.55. The molecule has 0 unspecified atom stereocenters. The average molecular weight is 411 g/mol. The Morgan fingerprint density at radius 3 is 2.59 bits per heavy atom. The van der Waals surface area contributed by atoms with Crippen LogP contribution in [0, 0.1) is 15.4 Å². The van der Waals surface area contributed by atoms with Gasteiger partial charge in [0, 0.05) is 3.57 Å². The molecule has 5 nitrogen and oxygen atoms in total. The Bertz CT molecular complexity index is 733. The number of hydrogen-bond acceptors (Lipinski definition) is 4. The number of imide groups is 1. The van der Waals surface area contributed by atoms with Crippen LogP contribution in [0.3, 0.4) is 0 Å². The number of aliphatic hydroxyl groups excluding tert-OH is 1. The molecule has 1 N–H and O–H groups in total. The van der Waals surface area contributed by atoms with Crippen LogP contribution in [0.1, 0.15) is 6.92 Å². The first-order valence-electron chi connectivity index (χ1n) is 7.07. The lowest BCUT2D eigenvalue weighted by molar-refractivity contribution is -0.131. The van der Waals surface area contributed by atoms with Crippen LogP contribution in [0.4, 0.5) is 5.69 Å². The standard InChI is InChI=1S/C16H14INO4/c1-15-6-7-16(8-19,22-15)12-11(15)13(20)18(14(12)21)10-5-3-2-4-9(10)17/h2-7,11-12,19H,8H2,1H3/t11-,12-,15+,16+/m1/s1. The van der Waals surface area contributed by atoms with Crippen LogP contribution in [0.5, 0.6) is 0 Å². The lowest BCUT2D eigenvalue weighted by Crippen LogP contribution is -2.43. The van der Waals surface area contributed by atoms with Gasteiger partial charge in [-0.2, -0.15) is 0 Å². The predicted molar refractivity (Wildman–Crippen MR) is 87.1 cm³/mol. The molecule has 0 spiro atoms. The van der Waals surface area contributed by atoms with E-state index in [1.807, 2.05) is 12.1 Å². The molecule has 3 aliphatic rings. The molecule has 2 fully saturated rings. The smallest absolute Gasteiger partial charge is 0.241 e. The van der Waals surface area contributed by atoms with E-state index in [1.54, 1.807) is 31.2 Å². The van der Waals surface area contributed by atoms with Crippen LogP contribution in [-0.4, -0.2) is 34.7 Å². The van der Waals surface area contributed by atoms with Crippen molar-refractivity contribution in [3.05, 3.63) is 40.0 Å². The number of carbonyl (C=O) groups excluding carboxylic acids is 2. The fourth-order valence-corrected chi connectivity index (χ4v) is 4.54. The molecule has 6 heteroatoms. The van der Waals surface area contributed by atoms with Crippen LogP contribution in [0.15, 0.2) is 36.4 Å². The van der Waals surface area contributed by atoms with Gasteiger partial charge in [-0.3, -0.25) is 9.59 Å². The number of benzene rings is 1. The summed E-state index contributed by atoms with van der Waals surface area (Å²) in [4.78, 5) is 27.1.